The third-order valence-corrected chi connectivity index (χ3v) is 3.80. The van der Waals surface area contributed by atoms with Gasteiger partial charge in [0.1, 0.15) is 23.7 Å². The number of amides is 1. The lowest BCUT2D eigenvalue weighted by molar-refractivity contribution is -0.388. The topological polar surface area (TPSA) is 111 Å². The van der Waals surface area contributed by atoms with E-state index in [-0.39, 0.29) is 5.75 Å². The number of anilines is 1. The maximum absolute atomic E-state index is 13.0. The van der Waals surface area contributed by atoms with Crippen LogP contribution in [0.3, 0.4) is 0 Å². The molecule has 0 saturated heterocycles. The van der Waals surface area contributed by atoms with E-state index in [9.17, 15) is 46.4 Å². The van der Waals surface area contributed by atoms with E-state index >= 15 is 0 Å². The molecule has 2 rings (SSSR count). The minimum atomic E-state index is -5.09. The van der Waals surface area contributed by atoms with Crippen molar-refractivity contribution in [1.82, 2.24) is 0 Å². The molecule has 32 heavy (non-hydrogen) atoms. The van der Waals surface area contributed by atoms with Crippen LogP contribution in [-0.2, 0) is 11.0 Å². The van der Waals surface area contributed by atoms with Crippen molar-refractivity contribution < 1.29 is 50.6 Å². The van der Waals surface area contributed by atoms with Gasteiger partial charge in [0, 0.05) is 17.8 Å². The molecule has 2 N–H and O–H groups in total. The molecule has 0 fully saturated rings. The van der Waals surface area contributed by atoms with Crippen LogP contribution in [0.2, 0.25) is 0 Å². The Morgan fingerprint density at radius 3 is 2.28 bits per heavy atom. The number of halogens is 6. The number of hydrogen-bond acceptors (Lipinski definition) is 6. The van der Waals surface area contributed by atoms with E-state index in [1.807, 2.05) is 5.32 Å². The van der Waals surface area contributed by atoms with Crippen LogP contribution in [0.5, 0.6) is 11.5 Å². The fourth-order valence-electron chi connectivity index (χ4n) is 2.32. The summed E-state index contributed by atoms with van der Waals surface area (Å²) >= 11 is 0. The van der Waals surface area contributed by atoms with Gasteiger partial charge in [0.25, 0.3) is 11.6 Å². The molecule has 0 saturated carbocycles. The number of carbonyl (C=O) groups is 1. The minimum absolute atomic E-state index is 0.200. The maximum Gasteiger partial charge on any atom is 0.573 e. The predicted molar refractivity (Wildman–Crippen MR) is 96.0 cm³/mol. The van der Waals surface area contributed by atoms with Gasteiger partial charge in [0.05, 0.1) is 4.92 Å². The predicted octanol–water partition coefficient (Wildman–Crippen LogP) is 4.28. The highest BCUT2D eigenvalue weighted by Gasteiger charge is 2.39. The first-order chi connectivity index (χ1) is 14.6. The van der Waals surface area contributed by atoms with E-state index in [2.05, 4.69) is 4.74 Å². The Kier molecular flexibility index (Phi) is 6.87. The van der Waals surface area contributed by atoms with E-state index in [1.54, 1.807) is 0 Å². The molecule has 0 heterocycles. The van der Waals surface area contributed by atoms with Crippen molar-refractivity contribution in [3.05, 3.63) is 58.1 Å². The van der Waals surface area contributed by atoms with Crippen molar-refractivity contribution in [2.24, 2.45) is 0 Å². The molecule has 0 spiro atoms. The highest BCUT2D eigenvalue weighted by Crippen LogP contribution is 2.37. The average molecular weight is 468 g/mol. The third-order valence-electron chi connectivity index (χ3n) is 3.80. The Morgan fingerprint density at radius 1 is 1.09 bits per heavy atom. The van der Waals surface area contributed by atoms with Crippen LogP contribution in [-0.4, -0.2) is 34.5 Å². The highest BCUT2D eigenvalue weighted by molar-refractivity contribution is 5.97. The minimum Gasteiger partial charge on any atom is -0.490 e. The summed E-state index contributed by atoms with van der Waals surface area (Å²) in [6.45, 7) is 0.141. The summed E-state index contributed by atoms with van der Waals surface area (Å²) in [6, 6.07) is 5.89. The van der Waals surface area contributed by atoms with Gasteiger partial charge >= 0.3 is 12.5 Å². The van der Waals surface area contributed by atoms with Gasteiger partial charge in [-0.25, -0.2) is 0 Å². The summed E-state index contributed by atoms with van der Waals surface area (Å²) in [7, 11) is 0. The molecule has 2 aromatic rings. The van der Waals surface area contributed by atoms with Gasteiger partial charge in [-0.3, -0.25) is 14.9 Å². The van der Waals surface area contributed by atoms with Crippen LogP contribution >= 0.6 is 0 Å². The number of benzene rings is 2. The number of carbonyl (C=O) groups excluding carboxylic acids is 1. The first-order valence-electron chi connectivity index (χ1n) is 8.46. The number of nitrogens with one attached hydrogen (secondary N) is 1. The Bertz CT molecular complexity index is 1010. The lowest BCUT2D eigenvalue weighted by Gasteiger charge is -2.23. The number of hydrogen-bond donors (Lipinski definition) is 2. The summed E-state index contributed by atoms with van der Waals surface area (Å²) in [6.07, 6.45) is -10.0. The fraction of sp³-hybridized carbons (Fsp3) is 0.278. The zero-order valence-electron chi connectivity index (χ0n) is 16.0. The van der Waals surface area contributed by atoms with Crippen molar-refractivity contribution in [1.29, 1.82) is 0 Å². The van der Waals surface area contributed by atoms with Gasteiger partial charge in [0.2, 0.25) is 0 Å². The first kappa shape index (κ1) is 24.7. The Labute approximate surface area is 175 Å². The molecule has 1 amide bonds. The summed E-state index contributed by atoms with van der Waals surface area (Å²) in [5.41, 5.74) is -5.68. The molecule has 0 bridgehead atoms. The average Bonchev–Trinajstić information content (AvgIpc) is 2.64. The number of ether oxygens (including phenoxy) is 2. The van der Waals surface area contributed by atoms with Crippen molar-refractivity contribution in [3.8, 4) is 11.5 Å². The number of aliphatic hydroxyl groups is 1. The summed E-state index contributed by atoms with van der Waals surface area (Å²) < 4.78 is 84.7. The van der Waals surface area contributed by atoms with E-state index in [1.165, 1.54) is 6.07 Å². The van der Waals surface area contributed by atoms with Crippen molar-refractivity contribution in [2.75, 3.05) is 11.9 Å². The van der Waals surface area contributed by atoms with Gasteiger partial charge in [-0.05, 0) is 31.2 Å². The molecule has 0 aliphatic rings. The van der Waals surface area contributed by atoms with Crippen molar-refractivity contribution in [3.63, 3.8) is 0 Å². The summed E-state index contributed by atoms with van der Waals surface area (Å²) in [5.74, 6) is -2.05. The zero-order valence-corrected chi connectivity index (χ0v) is 16.0. The smallest absolute Gasteiger partial charge is 0.490 e. The van der Waals surface area contributed by atoms with Gasteiger partial charge < -0.3 is 19.9 Å². The van der Waals surface area contributed by atoms with Crippen LogP contribution in [0, 0.1) is 10.1 Å². The highest BCUT2D eigenvalue weighted by atomic mass is 19.4. The quantitative estimate of drug-likeness (QED) is 0.357. The van der Waals surface area contributed by atoms with Crippen molar-refractivity contribution >= 4 is 17.3 Å². The second kappa shape index (κ2) is 8.90. The van der Waals surface area contributed by atoms with E-state index in [4.69, 9.17) is 4.74 Å². The summed E-state index contributed by atoms with van der Waals surface area (Å²) in [4.78, 5) is 21.8. The molecule has 14 heteroatoms. The molecular weight excluding hydrogens is 454 g/mol. The number of alkyl halides is 6. The number of rotatable bonds is 7. The molecular formula is C18H14F6N2O6. The van der Waals surface area contributed by atoms with Crippen molar-refractivity contribution in [2.45, 2.75) is 25.1 Å². The van der Waals surface area contributed by atoms with Crippen LogP contribution in [0.1, 0.15) is 12.5 Å². The second-order valence-electron chi connectivity index (χ2n) is 6.53. The summed E-state index contributed by atoms with van der Waals surface area (Å²) in [5, 5.41) is 23.0. The van der Waals surface area contributed by atoms with Gasteiger partial charge in [-0.15, -0.1) is 13.2 Å². The third kappa shape index (κ3) is 6.73. The SMILES string of the molecule is CC(O)(COc1cccc(OC(F)(F)F)c1)C(=O)Nc1ccc([N+](=O)[O-])c(C(F)(F)F)c1. The molecule has 0 aromatic heterocycles. The van der Waals surface area contributed by atoms with E-state index in [0.717, 1.165) is 31.2 Å². The zero-order chi connectivity index (χ0) is 24.3. The lowest BCUT2D eigenvalue weighted by atomic mass is 10.1. The van der Waals surface area contributed by atoms with Gasteiger partial charge in [-0.2, -0.15) is 13.2 Å². The number of nitro benzene ring substituents is 1. The Morgan fingerprint density at radius 2 is 1.72 bits per heavy atom. The molecule has 0 aliphatic carbocycles. The molecule has 2 aromatic carbocycles. The first-order valence-corrected chi connectivity index (χ1v) is 8.46. The normalized spacial score (nSPS) is 13.8. The molecule has 174 valence electrons. The monoisotopic (exact) mass is 468 g/mol. The van der Waals surface area contributed by atoms with Gasteiger partial charge in [-0.1, -0.05) is 6.07 Å². The van der Waals surface area contributed by atoms with Crippen LogP contribution < -0.4 is 14.8 Å². The second-order valence-corrected chi connectivity index (χ2v) is 6.53. The lowest BCUT2D eigenvalue weighted by Crippen LogP contribution is -2.45. The Balaban J connectivity index is 2.12. The van der Waals surface area contributed by atoms with E-state index in [0.29, 0.717) is 12.1 Å². The number of nitrogens with zero attached hydrogens (tertiary/aromatic N) is 1. The molecule has 0 aliphatic heterocycles. The number of nitro groups is 1. The molecule has 0 radical (unpaired) electrons. The fourth-order valence-corrected chi connectivity index (χ4v) is 2.32. The molecule has 8 nitrogen and oxygen atoms in total. The van der Waals surface area contributed by atoms with Crippen LogP contribution in [0.15, 0.2) is 42.5 Å². The van der Waals surface area contributed by atoms with Gasteiger partial charge in [0.15, 0.2) is 5.60 Å². The maximum atomic E-state index is 13.0. The standard InChI is InChI=1S/C18H14F6N2O6/c1-16(28,9-31-11-3-2-4-12(8-11)32-18(22,23)24)15(27)25-10-5-6-14(26(29)30)13(7-10)17(19,20)21/h2-8,28H,9H2,1H3,(H,25,27). The molecule has 1 unspecified atom stereocenters. The van der Waals surface area contributed by atoms with E-state index < -0.39 is 58.3 Å². The van der Waals surface area contributed by atoms with Crippen LogP contribution in [0.25, 0.3) is 0 Å². The van der Waals surface area contributed by atoms with Crippen LogP contribution in [0.4, 0.5) is 37.7 Å². The Hall–Kier alpha value is -3.55. The largest absolute Gasteiger partial charge is 0.573 e. The molecule has 1 atom stereocenters.